The minimum atomic E-state index is -0.360. The molecular weight excluding hydrogens is 242 g/mol. The van der Waals surface area contributed by atoms with Gasteiger partial charge >= 0.3 is 0 Å². The van der Waals surface area contributed by atoms with Crippen LogP contribution in [0.1, 0.15) is 20.3 Å². The topological polar surface area (TPSA) is 68.1 Å². The molecule has 0 bridgehead atoms. The first-order valence-electron chi connectivity index (χ1n) is 6.38. The van der Waals surface area contributed by atoms with Crippen LogP contribution >= 0.6 is 0 Å². The SMILES string of the molecule is CCC(C)CNc1ccc([N+](=O)[O-])c2ccncc12. The molecule has 0 aliphatic heterocycles. The van der Waals surface area contributed by atoms with E-state index in [0.717, 1.165) is 24.0 Å². The van der Waals surface area contributed by atoms with Crippen molar-refractivity contribution >= 4 is 22.1 Å². The molecule has 100 valence electrons. The summed E-state index contributed by atoms with van der Waals surface area (Å²) >= 11 is 0. The number of pyridine rings is 1. The summed E-state index contributed by atoms with van der Waals surface area (Å²) in [5, 5.41) is 15.8. The lowest BCUT2D eigenvalue weighted by atomic mass is 10.1. The van der Waals surface area contributed by atoms with Gasteiger partial charge in [-0.15, -0.1) is 0 Å². The first kappa shape index (κ1) is 13.3. The Kier molecular flexibility index (Phi) is 3.94. The van der Waals surface area contributed by atoms with E-state index >= 15 is 0 Å². The van der Waals surface area contributed by atoms with Gasteiger partial charge in [-0.2, -0.15) is 0 Å². The normalized spacial score (nSPS) is 12.3. The Labute approximate surface area is 111 Å². The molecule has 1 atom stereocenters. The second-order valence-corrected chi connectivity index (χ2v) is 4.70. The van der Waals surface area contributed by atoms with Crippen molar-refractivity contribution in [2.75, 3.05) is 11.9 Å². The number of nitrogens with zero attached hydrogens (tertiary/aromatic N) is 2. The first-order valence-corrected chi connectivity index (χ1v) is 6.38. The van der Waals surface area contributed by atoms with Gasteiger partial charge in [0.2, 0.25) is 0 Å². The highest BCUT2D eigenvalue weighted by Gasteiger charge is 2.14. The first-order chi connectivity index (χ1) is 9.13. The van der Waals surface area contributed by atoms with Crippen LogP contribution in [0.15, 0.2) is 30.6 Å². The molecule has 0 amide bonds. The van der Waals surface area contributed by atoms with Gasteiger partial charge in [0.25, 0.3) is 5.69 Å². The fourth-order valence-corrected chi connectivity index (χ4v) is 1.92. The van der Waals surface area contributed by atoms with E-state index in [9.17, 15) is 10.1 Å². The van der Waals surface area contributed by atoms with E-state index in [1.54, 1.807) is 30.6 Å². The highest BCUT2D eigenvalue weighted by atomic mass is 16.6. The molecule has 19 heavy (non-hydrogen) atoms. The molecule has 1 unspecified atom stereocenters. The van der Waals surface area contributed by atoms with Crippen LogP contribution < -0.4 is 5.32 Å². The number of non-ortho nitro benzene ring substituents is 1. The third-order valence-electron chi connectivity index (χ3n) is 3.33. The molecule has 5 nitrogen and oxygen atoms in total. The van der Waals surface area contributed by atoms with Crippen molar-refractivity contribution in [2.24, 2.45) is 5.92 Å². The van der Waals surface area contributed by atoms with Crippen molar-refractivity contribution in [3.8, 4) is 0 Å². The molecule has 0 fully saturated rings. The number of hydrogen-bond donors (Lipinski definition) is 1. The number of fused-ring (bicyclic) bond motifs is 1. The second-order valence-electron chi connectivity index (χ2n) is 4.70. The van der Waals surface area contributed by atoms with Crippen molar-refractivity contribution < 1.29 is 4.92 Å². The van der Waals surface area contributed by atoms with Crippen molar-refractivity contribution in [1.82, 2.24) is 4.98 Å². The van der Waals surface area contributed by atoms with Crippen molar-refractivity contribution in [3.05, 3.63) is 40.7 Å². The average molecular weight is 259 g/mol. The van der Waals surface area contributed by atoms with Gasteiger partial charge < -0.3 is 5.32 Å². The zero-order valence-electron chi connectivity index (χ0n) is 11.1. The maximum atomic E-state index is 11.0. The molecule has 1 N–H and O–H groups in total. The molecule has 0 saturated carbocycles. The number of hydrogen-bond acceptors (Lipinski definition) is 4. The largest absolute Gasteiger partial charge is 0.384 e. The van der Waals surface area contributed by atoms with Crippen LogP contribution in [0.5, 0.6) is 0 Å². The molecule has 1 heterocycles. The van der Waals surface area contributed by atoms with Gasteiger partial charge in [-0.25, -0.2) is 0 Å². The minimum absolute atomic E-state index is 0.117. The van der Waals surface area contributed by atoms with Gasteiger partial charge in [0, 0.05) is 36.1 Å². The lowest BCUT2D eigenvalue weighted by Crippen LogP contribution is -2.10. The number of benzene rings is 1. The zero-order chi connectivity index (χ0) is 13.8. The van der Waals surface area contributed by atoms with E-state index in [1.807, 2.05) is 0 Å². The third-order valence-corrected chi connectivity index (χ3v) is 3.33. The summed E-state index contributed by atoms with van der Waals surface area (Å²) in [6.07, 6.45) is 4.34. The number of nitrogens with one attached hydrogen (secondary N) is 1. The van der Waals surface area contributed by atoms with Gasteiger partial charge in [0.05, 0.1) is 10.3 Å². The summed E-state index contributed by atoms with van der Waals surface area (Å²) in [7, 11) is 0. The average Bonchev–Trinajstić information content (AvgIpc) is 2.43. The molecule has 5 heteroatoms. The summed E-state index contributed by atoms with van der Waals surface area (Å²) in [5.74, 6) is 0.557. The Balaban J connectivity index is 2.41. The van der Waals surface area contributed by atoms with Gasteiger partial charge in [0.1, 0.15) is 0 Å². The number of aromatic nitrogens is 1. The van der Waals surface area contributed by atoms with Crippen LogP contribution in [0.2, 0.25) is 0 Å². The molecule has 0 spiro atoms. The van der Waals surface area contributed by atoms with E-state index < -0.39 is 0 Å². The second kappa shape index (κ2) is 5.65. The highest BCUT2D eigenvalue weighted by Crippen LogP contribution is 2.30. The van der Waals surface area contributed by atoms with Gasteiger partial charge in [-0.3, -0.25) is 15.1 Å². The number of anilines is 1. The van der Waals surface area contributed by atoms with Crippen LogP contribution in [0, 0.1) is 16.0 Å². The number of nitro groups is 1. The molecule has 0 aliphatic carbocycles. The molecule has 2 aromatic rings. The maximum Gasteiger partial charge on any atom is 0.277 e. The zero-order valence-corrected chi connectivity index (χ0v) is 11.1. The third kappa shape index (κ3) is 2.81. The minimum Gasteiger partial charge on any atom is -0.384 e. The predicted octanol–water partition coefficient (Wildman–Crippen LogP) is 3.60. The van der Waals surface area contributed by atoms with Gasteiger partial charge in [0.15, 0.2) is 0 Å². The molecule has 0 aliphatic rings. The summed E-state index contributed by atoms with van der Waals surface area (Å²) < 4.78 is 0. The predicted molar refractivity (Wildman–Crippen MR) is 76.3 cm³/mol. The molecule has 1 aromatic heterocycles. The van der Waals surface area contributed by atoms with E-state index in [4.69, 9.17) is 0 Å². The fraction of sp³-hybridized carbons (Fsp3) is 0.357. The Hall–Kier alpha value is -2.17. The smallest absolute Gasteiger partial charge is 0.277 e. The van der Waals surface area contributed by atoms with E-state index in [1.165, 1.54) is 0 Å². The number of rotatable bonds is 5. The van der Waals surface area contributed by atoms with Crippen LogP contribution in [0.25, 0.3) is 10.8 Å². The molecule has 2 rings (SSSR count). The summed E-state index contributed by atoms with van der Waals surface area (Å²) in [6, 6.07) is 4.98. The standard InChI is InChI=1S/C14H17N3O2/c1-3-10(2)8-16-13-4-5-14(17(18)19)11-6-7-15-9-12(11)13/h4-7,9-10,16H,3,8H2,1-2H3. The monoisotopic (exact) mass is 259 g/mol. The molecule has 0 saturated heterocycles. The van der Waals surface area contributed by atoms with Crippen LogP contribution in [-0.4, -0.2) is 16.5 Å². The van der Waals surface area contributed by atoms with Gasteiger partial charge in [-0.1, -0.05) is 20.3 Å². The van der Waals surface area contributed by atoms with Gasteiger partial charge in [-0.05, 0) is 18.1 Å². The molecule has 0 radical (unpaired) electrons. The van der Waals surface area contributed by atoms with E-state index in [-0.39, 0.29) is 10.6 Å². The Morgan fingerprint density at radius 1 is 1.37 bits per heavy atom. The van der Waals surface area contributed by atoms with Crippen molar-refractivity contribution in [3.63, 3.8) is 0 Å². The van der Waals surface area contributed by atoms with E-state index in [2.05, 4.69) is 24.1 Å². The summed E-state index contributed by atoms with van der Waals surface area (Å²) in [4.78, 5) is 14.7. The quantitative estimate of drug-likeness (QED) is 0.658. The lowest BCUT2D eigenvalue weighted by molar-refractivity contribution is -0.383. The Morgan fingerprint density at radius 2 is 2.16 bits per heavy atom. The Morgan fingerprint density at radius 3 is 2.84 bits per heavy atom. The van der Waals surface area contributed by atoms with Crippen LogP contribution in [0.3, 0.4) is 0 Å². The summed E-state index contributed by atoms with van der Waals surface area (Å²) in [5.41, 5.74) is 1.01. The number of nitro benzene ring substituents is 1. The summed E-state index contributed by atoms with van der Waals surface area (Å²) in [6.45, 7) is 5.15. The van der Waals surface area contributed by atoms with Crippen molar-refractivity contribution in [2.45, 2.75) is 20.3 Å². The maximum absolute atomic E-state index is 11.0. The fourth-order valence-electron chi connectivity index (χ4n) is 1.92. The molecule has 1 aromatic carbocycles. The van der Waals surface area contributed by atoms with Crippen LogP contribution in [-0.2, 0) is 0 Å². The van der Waals surface area contributed by atoms with E-state index in [0.29, 0.717) is 11.3 Å². The highest BCUT2D eigenvalue weighted by molar-refractivity contribution is 5.99. The molecular formula is C14H17N3O2. The Bertz CT molecular complexity index is 598. The van der Waals surface area contributed by atoms with Crippen LogP contribution in [0.4, 0.5) is 11.4 Å². The van der Waals surface area contributed by atoms with Crippen molar-refractivity contribution in [1.29, 1.82) is 0 Å². The lowest BCUT2D eigenvalue weighted by Gasteiger charge is -2.13.